The van der Waals surface area contributed by atoms with Crippen LogP contribution in [-0.4, -0.2) is 36.4 Å². The number of hydrogen-bond acceptors (Lipinski definition) is 6. The molecule has 32 heavy (non-hydrogen) atoms. The molecule has 0 amide bonds. The van der Waals surface area contributed by atoms with Crippen LogP contribution in [0.15, 0.2) is 24.3 Å². The summed E-state index contributed by atoms with van der Waals surface area (Å²) in [4.78, 5) is 25.2. The lowest BCUT2D eigenvalue weighted by atomic mass is 9.69. The first-order chi connectivity index (χ1) is 15.3. The highest BCUT2D eigenvalue weighted by Crippen LogP contribution is 2.53. The normalized spacial score (nSPS) is 39.2. The van der Waals surface area contributed by atoms with E-state index in [1.165, 1.54) is 0 Å². The van der Waals surface area contributed by atoms with Gasteiger partial charge < -0.3 is 18.9 Å². The summed E-state index contributed by atoms with van der Waals surface area (Å²) in [6.45, 7) is 4.96. The van der Waals surface area contributed by atoms with E-state index >= 15 is 0 Å². The number of carbonyl (C=O) groups excluding carboxylic acids is 2. The number of rotatable bonds is 6. The molecule has 2 aliphatic carbocycles. The van der Waals surface area contributed by atoms with Crippen molar-refractivity contribution in [3.8, 4) is 0 Å². The Labute approximate surface area is 189 Å². The van der Waals surface area contributed by atoms with Gasteiger partial charge in [0.15, 0.2) is 23.1 Å². The van der Waals surface area contributed by atoms with E-state index in [1.54, 1.807) is 0 Å². The quantitative estimate of drug-likeness (QED) is 0.647. The summed E-state index contributed by atoms with van der Waals surface area (Å²) in [6, 6.07) is 8.04. The lowest BCUT2D eigenvalue weighted by molar-refractivity contribution is -0.278. The second kappa shape index (κ2) is 8.01. The Bertz CT molecular complexity index is 840. The van der Waals surface area contributed by atoms with E-state index in [1.807, 2.05) is 38.1 Å². The zero-order valence-corrected chi connectivity index (χ0v) is 19.2. The van der Waals surface area contributed by atoms with E-state index < -0.39 is 22.4 Å². The largest absolute Gasteiger partial charge is 0.344 e. The highest BCUT2D eigenvalue weighted by Gasteiger charge is 2.62. The summed E-state index contributed by atoms with van der Waals surface area (Å²) in [5, 5.41) is 0. The molecule has 0 aromatic heterocycles. The smallest absolute Gasteiger partial charge is 0.181 e. The Balaban J connectivity index is 1.32. The minimum atomic E-state index is -0.835. The fourth-order valence-corrected chi connectivity index (χ4v) is 6.23. The van der Waals surface area contributed by atoms with Crippen LogP contribution < -0.4 is 0 Å². The molecule has 174 valence electrons. The van der Waals surface area contributed by atoms with Gasteiger partial charge in [0, 0.05) is 12.8 Å². The number of fused-ring (bicyclic) bond motifs is 2. The lowest BCUT2D eigenvalue weighted by Gasteiger charge is -2.44. The summed E-state index contributed by atoms with van der Waals surface area (Å²) >= 11 is 0. The van der Waals surface area contributed by atoms with Crippen molar-refractivity contribution in [1.82, 2.24) is 0 Å². The van der Waals surface area contributed by atoms with Crippen molar-refractivity contribution in [2.24, 2.45) is 10.8 Å². The first-order valence-corrected chi connectivity index (χ1v) is 12.0. The number of ketones is 2. The maximum absolute atomic E-state index is 12.6. The van der Waals surface area contributed by atoms with Crippen LogP contribution in [0.4, 0.5) is 0 Å². The number of carbonyl (C=O) groups is 2. The monoisotopic (exact) mass is 442 g/mol. The SMILES string of the molecule is C[C@@]12CCCC[C@]1(OCc1ccccc1CO[C@@]13CCCC[C@]1(C)C(=O)CO3)OCC2=O. The molecule has 2 heterocycles. The van der Waals surface area contributed by atoms with Crippen LogP contribution in [0.1, 0.15) is 76.3 Å². The summed E-state index contributed by atoms with van der Waals surface area (Å²) in [6.07, 6.45) is 7.16. The van der Waals surface area contributed by atoms with Gasteiger partial charge in [0.05, 0.1) is 24.0 Å². The van der Waals surface area contributed by atoms with Crippen LogP contribution in [0.25, 0.3) is 0 Å². The van der Waals surface area contributed by atoms with Crippen molar-refractivity contribution in [3.05, 3.63) is 35.4 Å². The molecule has 2 aliphatic heterocycles. The average molecular weight is 443 g/mol. The highest BCUT2D eigenvalue weighted by atomic mass is 16.7. The molecule has 0 unspecified atom stereocenters. The Kier molecular flexibility index (Phi) is 5.56. The molecular weight excluding hydrogens is 408 g/mol. The van der Waals surface area contributed by atoms with Crippen LogP contribution >= 0.6 is 0 Å². The molecular formula is C26H34O6. The molecule has 5 rings (SSSR count). The average Bonchev–Trinajstić information content (AvgIpc) is 3.23. The molecule has 2 saturated heterocycles. The molecule has 4 aliphatic rings. The van der Waals surface area contributed by atoms with Gasteiger partial charge in [-0.1, -0.05) is 37.1 Å². The minimum absolute atomic E-state index is 0.133. The number of hydrogen-bond donors (Lipinski definition) is 0. The third-order valence-electron chi connectivity index (χ3n) is 8.69. The fraction of sp³-hybridized carbons (Fsp3) is 0.692. The van der Waals surface area contributed by atoms with Gasteiger partial charge in [-0.2, -0.15) is 0 Å². The second-order valence-electron chi connectivity index (χ2n) is 10.4. The van der Waals surface area contributed by atoms with E-state index in [9.17, 15) is 9.59 Å². The van der Waals surface area contributed by atoms with Gasteiger partial charge in [-0.15, -0.1) is 0 Å². The molecule has 6 heteroatoms. The zero-order valence-electron chi connectivity index (χ0n) is 19.2. The molecule has 0 bridgehead atoms. The van der Waals surface area contributed by atoms with Crippen molar-refractivity contribution in [3.63, 3.8) is 0 Å². The molecule has 4 fully saturated rings. The molecule has 0 radical (unpaired) electrons. The molecule has 2 saturated carbocycles. The maximum Gasteiger partial charge on any atom is 0.181 e. The molecule has 0 N–H and O–H groups in total. The summed E-state index contributed by atoms with van der Waals surface area (Å²) in [5.74, 6) is -1.38. The molecule has 1 aromatic carbocycles. The van der Waals surface area contributed by atoms with E-state index in [0.29, 0.717) is 13.2 Å². The number of ether oxygens (including phenoxy) is 4. The van der Waals surface area contributed by atoms with Crippen LogP contribution in [0, 0.1) is 10.8 Å². The van der Waals surface area contributed by atoms with Gasteiger partial charge in [0.25, 0.3) is 0 Å². The number of Topliss-reactive ketones (excluding diaryl/α,β-unsaturated/α-hetero) is 2. The minimum Gasteiger partial charge on any atom is -0.344 e. The van der Waals surface area contributed by atoms with E-state index in [2.05, 4.69) is 0 Å². The predicted octanol–water partition coefficient (Wildman–Crippen LogP) is 4.47. The van der Waals surface area contributed by atoms with E-state index in [0.717, 1.165) is 62.5 Å². The van der Waals surface area contributed by atoms with Crippen molar-refractivity contribution in [1.29, 1.82) is 0 Å². The molecule has 4 atom stereocenters. The number of benzene rings is 1. The van der Waals surface area contributed by atoms with E-state index in [4.69, 9.17) is 18.9 Å². The Morgan fingerprint density at radius 1 is 0.719 bits per heavy atom. The van der Waals surface area contributed by atoms with Gasteiger partial charge in [0.1, 0.15) is 13.2 Å². The summed E-state index contributed by atoms with van der Waals surface area (Å²) in [5.41, 5.74) is 0.877. The second-order valence-corrected chi connectivity index (χ2v) is 10.4. The van der Waals surface area contributed by atoms with Crippen LogP contribution in [0.3, 0.4) is 0 Å². The van der Waals surface area contributed by atoms with Gasteiger partial charge >= 0.3 is 0 Å². The van der Waals surface area contributed by atoms with Gasteiger partial charge in [-0.25, -0.2) is 0 Å². The van der Waals surface area contributed by atoms with Crippen LogP contribution in [0.5, 0.6) is 0 Å². The molecule has 0 spiro atoms. The van der Waals surface area contributed by atoms with Crippen LogP contribution in [-0.2, 0) is 41.8 Å². The van der Waals surface area contributed by atoms with Crippen molar-refractivity contribution in [2.45, 2.75) is 90.0 Å². The van der Waals surface area contributed by atoms with E-state index in [-0.39, 0.29) is 24.8 Å². The van der Waals surface area contributed by atoms with Crippen LogP contribution in [0.2, 0.25) is 0 Å². The summed E-state index contributed by atoms with van der Waals surface area (Å²) in [7, 11) is 0. The zero-order chi connectivity index (χ0) is 22.5. The molecule has 1 aromatic rings. The summed E-state index contributed by atoms with van der Waals surface area (Å²) < 4.78 is 24.8. The highest BCUT2D eigenvalue weighted by molar-refractivity contribution is 5.89. The fourth-order valence-electron chi connectivity index (χ4n) is 6.23. The van der Waals surface area contributed by atoms with Gasteiger partial charge in [-0.05, 0) is 50.7 Å². The van der Waals surface area contributed by atoms with Crippen molar-refractivity contribution < 1.29 is 28.5 Å². The van der Waals surface area contributed by atoms with Crippen molar-refractivity contribution in [2.75, 3.05) is 13.2 Å². The Morgan fingerprint density at radius 3 is 1.56 bits per heavy atom. The third-order valence-corrected chi connectivity index (χ3v) is 8.69. The lowest BCUT2D eigenvalue weighted by Crippen LogP contribution is -2.51. The first kappa shape index (κ1) is 22.2. The maximum atomic E-state index is 12.6. The first-order valence-electron chi connectivity index (χ1n) is 12.0. The molecule has 6 nitrogen and oxygen atoms in total. The van der Waals surface area contributed by atoms with Gasteiger partial charge in [-0.3, -0.25) is 9.59 Å². The predicted molar refractivity (Wildman–Crippen MR) is 117 cm³/mol. The Morgan fingerprint density at radius 2 is 1.12 bits per heavy atom. The van der Waals surface area contributed by atoms with Gasteiger partial charge in [0.2, 0.25) is 0 Å². The van der Waals surface area contributed by atoms with Crippen molar-refractivity contribution >= 4 is 11.6 Å². The Hall–Kier alpha value is -1.60. The standard InChI is InChI=1S/C26H34O6/c1-23-11-5-7-13-25(23,31-17-21(23)27)29-15-19-9-3-4-10-20(19)16-30-26-14-8-6-12-24(26,2)22(28)18-32-26/h3-4,9-10H,5-8,11-18H2,1-2H3/t23-,24+,25-,26+. The topological polar surface area (TPSA) is 71.1 Å². The third kappa shape index (κ3) is 3.22.